The predicted molar refractivity (Wildman–Crippen MR) is 91.2 cm³/mol. The summed E-state index contributed by atoms with van der Waals surface area (Å²) in [6, 6.07) is 0. The van der Waals surface area contributed by atoms with E-state index in [4.69, 9.17) is 5.11 Å². The van der Waals surface area contributed by atoms with Crippen LogP contribution in [0.4, 0.5) is 0 Å². The zero-order chi connectivity index (χ0) is 18.3. The molecular formula is C18H33NO5. The minimum Gasteiger partial charge on any atom is -0.550 e. The number of aliphatic hydroxyl groups is 1. The van der Waals surface area contributed by atoms with Crippen LogP contribution in [0.3, 0.4) is 0 Å². The SMILES string of the molecule is CCCCC/C=C/C[N+](CCO)(CCCC(=O)[O-])CCCC(=O)O. The van der Waals surface area contributed by atoms with Crippen molar-refractivity contribution >= 4 is 11.9 Å². The van der Waals surface area contributed by atoms with Crippen LogP contribution in [0.5, 0.6) is 0 Å². The van der Waals surface area contributed by atoms with Crippen molar-refractivity contribution in [2.45, 2.75) is 58.3 Å². The highest BCUT2D eigenvalue weighted by Crippen LogP contribution is 2.13. The van der Waals surface area contributed by atoms with E-state index in [0.717, 1.165) is 12.8 Å². The van der Waals surface area contributed by atoms with Crippen LogP contribution < -0.4 is 5.11 Å². The molecule has 0 saturated heterocycles. The molecule has 0 bridgehead atoms. The zero-order valence-corrected chi connectivity index (χ0v) is 14.9. The number of hydrogen-bond donors (Lipinski definition) is 2. The van der Waals surface area contributed by atoms with Gasteiger partial charge < -0.3 is 24.6 Å². The molecule has 2 N–H and O–H groups in total. The number of nitrogens with zero attached hydrogens (tertiary/aromatic N) is 1. The van der Waals surface area contributed by atoms with Gasteiger partial charge in [0.2, 0.25) is 0 Å². The summed E-state index contributed by atoms with van der Waals surface area (Å²) in [7, 11) is 0. The first kappa shape index (κ1) is 22.6. The molecule has 0 aliphatic rings. The summed E-state index contributed by atoms with van der Waals surface area (Å²) in [4.78, 5) is 21.4. The Kier molecular flexibility index (Phi) is 13.2. The molecule has 0 saturated carbocycles. The molecule has 0 radical (unpaired) electrons. The highest BCUT2D eigenvalue weighted by Gasteiger charge is 2.25. The summed E-state index contributed by atoms with van der Waals surface area (Å²) in [5.74, 6) is -1.90. The van der Waals surface area contributed by atoms with Crippen molar-refractivity contribution in [2.75, 3.05) is 32.8 Å². The van der Waals surface area contributed by atoms with Gasteiger partial charge in [-0.15, -0.1) is 0 Å². The number of hydrogen-bond acceptors (Lipinski definition) is 4. The molecule has 0 aromatic carbocycles. The number of aliphatic carboxylic acids is 2. The lowest BCUT2D eigenvalue weighted by Crippen LogP contribution is -2.51. The van der Waals surface area contributed by atoms with Crippen LogP contribution >= 0.6 is 0 Å². The van der Waals surface area contributed by atoms with E-state index < -0.39 is 11.9 Å². The van der Waals surface area contributed by atoms with Crippen molar-refractivity contribution in [3.05, 3.63) is 12.2 Å². The fraction of sp³-hybridized carbons (Fsp3) is 0.778. The topological polar surface area (TPSA) is 97.7 Å². The monoisotopic (exact) mass is 343 g/mol. The third kappa shape index (κ3) is 12.1. The molecule has 0 amide bonds. The molecule has 1 atom stereocenters. The van der Waals surface area contributed by atoms with Crippen molar-refractivity contribution in [3.63, 3.8) is 0 Å². The van der Waals surface area contributed by atoms with Gasteiger partial charge in [0.15, 0.2) is 0 Å². The number of rotatable bonds is 16. The smallest absolute Gasteiger partial charge is 0.303 e. The van der Waals surface area contributed by atoms with Crippen molar-refractivity contribution in [1.82, 2.24) is 0 Å². The normalized spacial score (nSPS) is 13.9. The highest BCUT2D eigenvalue weighted by molar-refractivity contribution is 5.66. The lowest BCUT2D eigenvalue weighted by Gasteiger charge is -2.38. The van der Waals surface area contributed by atoms with Crippen molar-refractivity contribution in [3.8, 4) is 0 Å². The van der Waals surface area contributed by atoms with Crippen molar-refractivity contribution < 1.29 is 29.4 Å². The third-order valence-corrected chi connectivity index (χ3v) is 4.24. The van der Waals surface area contributed by atoms with Crippen LogP contribution in [0.15, 0.2) is 12.2 Å². The first-order valence-corrected chi connectivity index (χ1v) is 8.98. The molecule has 0 spiro atoms. The van der Waals surface area contributed by atoms with E-state index in [2.05, 4.69) is 19.1 Å². The number of unbranched alkanes of at least 4 members (excludes halogenated alkanes) is 3. The Morgan fingerprint density at radius 3 is 2.21 bits per heavy atom. The standard InChI is InChI=1S/C18H33NO5/c1-2-3-4-5-6-7-12-19(15-16-20,13-8-10-17(21)22)14-9-11-18(23)24/h6-7,20H,2-5,8-16H2,1H3,(H-,21,22,23,24)/b7-6+. The number of carbonyl (C=O) groups is 2. The van der Waals surface area contributed by atoms with E-state index in [0.29, 0.717) is 43.5 Å². The van der Waals surface area contributed by atoms with Crippen LogP contribution in [0, 0.1) is 0 Å². The van der Waals surface area contributed by atoms with Gasteiger partial charge in [0.1, 0.15) is 6.54 Å². The zero-order valence-electron chi connectivity index (χ0n) is 14.9. The Balaban J connectivity index is 4.69. The summed E-state index contributed by atoms with van der Waals surface area (Å²) in [6.45, 7) is 4.59. The molecule has 0 heterocycles. The maximum atomic E-state index is 10.8. The molecule has 0 aromatic rings. The number of carbonyl (C=O) groups excluding carboxylic acids is 1. The van der Waals surface area contributed by atoms with E-state index in [9.17, 15) is 19.8 Å². The third-order valence-electron chi connectivity index (χ3n) is 4.24. The number of allylic oxidation sites excluding steroid dienone is 1. The van der Waals surface area contributed by atoms with E-state index >= 15 is 0 Å². The number of aliphatic hydroxyl groups excluding tert-OH is 1. The Morgan fingerprint density at radius 2 is 1.67 bits per heavy atom. The lowest BCUT2D eigenvalue weighted by atomic mass is 10.1. The van der Waals surface area contributed by atoms with Gasteiger partial charge in [-0.05, 0) is 25.3 Å². The molecule has 24 heavy (non-hydrogen) atoms. The highest BCUT2D eigenvalue weighted by atomic mass is 16.4. The van der Waals surface area contributed by atoms with Crippen LogP contribution in [0.25, 0.3) is 0 Å². The summed E-state index contributed by atoms with van der Waals surface area (Å²) in [5.41, 5.74) is 0. The summed E-state index contributed by atoms with van der Waals surface area (Å²) < 4.78 is 0.529. The van der Waals surface area contributed by atoms with E-state index in [1.54, 1.807) is 0 Å². The number of carboxylic acids is 2. The van der Waals surface area contributed by atoms with Crippen molar-refractivity contribution in [1.29, 1.82) is 0 Å². The molecule has 0 aliphatic heterocycles. The van der Waals surface area contributed by atoms with Gasteiger partial charge in [-0.3, -0.25) is 4.79 Å². The quantitative estimate of drug-likeness (QED) is 0.250. The van der Waals surface area contributed by atoms with Gasteiger partial charge in [0, 0.05) is 18.8 Å². The largest absolute Gasteiger partial charge is 0.550 e. The van der Waals surface area contributed by atoms with E-state index in [1.807, 2.05) is 0 Å². The van der Waals surface area contributed by atoms with E-state index in [1.165, 1.54) is 12.8 Å². The van der Waals surface area contributed by atoms with Gasteiger partial charge >= 0.3 is 5.97 Å². The fourth-order valence-corrected chi connectivity index (χ4v) is 2.87. The average molecular weight is 343 g/mol. The fourth-order valence-electron chi connectivity index (χ4n) is 2.87. The van der Waals surface area contributed by atoms with Gasteiger partial charge in [0.25, 0.3) is 0 Å². The molecule has 0 aromatic heterocycles. The second kappa shape index (κ2) is 14.0. The second-order valence-corrected chi connectivity index (χ2v) is 6.36. The van der Waals surface area contributed by atoms with Crippen LogP contribution in [-0.2, 0) is 9.59 Å². The first-order valence-electron chi connectivity index (χ1n) is 8.98. The van der Waals surface area contributed by atoms with E-state index in [-0.39, 0.29) is 19.4 Å². The Hall–Kier alpha value is -1.40. The van der Waals surface area contributed by atoms with Gasteiger partial charge in [-0.2, -0.15) is 0 Å². The van der Waals surface area contributed by atoms with Gasteiger partial charge in [0.05, 0.1) is 32.7 Å². The lowest BCUT2D eigenvalue weighted by molar-refractivity contribution is -0.923. The van der Waals surface area contributed by atoms with Crippen molar-refractivity contribution in [2.24, 2.45) is 0 Å². The maximum absolute atomic E-state index is 10.8. The molecule has 6 nitrogen and oxygen atoms in total. The Morgan fingerprint density at radius 1 is 1.00 bits per heavy atom. The first-order chi connectivity index (χ1) is 11.5. The molecule has 0 rings (SSSR count). The number of carboxylic acid groups (broad SMARTS) is 2. The second-order valence-electron chi connectivity index (χ2n) is 6.36. The molecule has 6 heteroatoms. The molecule has 0 aliphatic carbocycles. The van der Waals surface area contributed by atoms with Gasteiger partial charge in [-0.25, -0.2) is 0 Å². The Labute approximate surface area is 145 Å². The maximum Gasteiger partial charge on any atom is 0.303 e. The summed E-state index contributed by atoms with van der Waals surface area (Å²) in [6.07, 6.45) is 9.83. The molecule has 140 valence electrons. The number of quaternary nitrogens is 1. The molecule has 0 fully saturated rings. The molecule has 1 unspecified atom stereocenters. The molecular weight excluding hydrogens is 310 g/mol. The minimum absolute atomic E-state index is 0.00205. The minimum atomic E-state index is -1.07. The predicted octanol–water partition coefficient (Wildman–Crippen LogP) is 1.33. The van der Waals surface area contributed by atoms with Crippen LogP contribution in [0.1, 0.15) is 58.3 Å². The summed E-state index contributed by atoms with van der Waals surface area (Å²) >= 11 is 0. The van der Waals surface area contributed by atoms with Crippen LogP contribution in [-0.4, -0.2) is 59.4 Å². The Bertz CT molecular complexity index is 362. The summed E-state index contributed by atoms with van der Waals surface area (Å²) in [5, 5.41) is 28.9. The average Bonchev–Trinajstić information content (AvgIpc) is 2.50. The van der Waals surface area contributed by atoms with Gasteiger partial charge in [-0.1, -0.05) is 25.8 Å². The van der Waals surface area contributed by atoms with Crippen LogP contribution in [0.2, 0.25) is 0 Å².